The minimum Gasteiger partial charge on any atom is -0.508 e. The van der Waals surface area contributed by atoms with Crippen LogP contribution in [0.4, 0.5) is 0 Å². The number of fused-ring (bicyclic) bond motifs is 3. The van der Waals surface area contributed by atoms with Gasteiger partial charge in [-0.25, -0.2) is 0 Å². The van der Waals surface area contributed by atoms with Gasteiger partial charge in [0.2, 0.25) is 0 Å². The van der Waals surface area contributed by atoms with E-state index in [2.05, 4.69) is 22.6 Å². The number of phenols is 1. The van der Waals surface area contributed by atoms with Crippen molar-refractivity contribution in [2.45, 2.75) is 13.0 Å². The molecule has 0 saturated carbocycles. The van der Waals surface area contributed by atoms with E-state index in [1.54, 1.807) is 6.07 Å². The van der Waals surface area contributed by atoms with E-state index in [1.807, 2.05) is 12.1 Å². The highest BCUT2D eigenvalue weighted by molar-refractivity contribution is 5.82. The Morgan fingerprint density at radius 1 is 1.12 bits per heavy atom. The van der Waals surface area contributed by atoms with Gasteiger partial charge in [-0.15, -0.1) is 0 Å². The Labute approximate surface area is 94.9 Å². The Balaban J connectivity index is 2.16. The van der Waals surface area contributed by atoms with Crippen LogP contribution in [0.15, 0.2) is 24.3 Å². The first-order valence-electron chi connectivity index (χ1n) is 5.74. The molecule has 3 heteroatoms. The van der Waals surface area contributed by atoms with Crippen LogP contribution in [-0.2, 0) is 13.0 Å². The Kier molecular flexibility index (Phi) is 2.14. The summed E-state index contributed by atoms with van der Waals surface area (Å²) in [5.41, 5.74) is 2.54. The van der Waals surface area contributed by atoms with Gasteiger partial charge < -0.3 is 14.6 Å². The Morgan fingerprint density at radius 2 is 2.00 bits per heavy atom. The fourth-order valence-corrected chi connectivity index (χ4v) is 2.46. The van der Waals surface area contributed by atoms with Gasteiger partial charge >= 0.3 is 0 Å². The molecule has 0 amide bonds. The molecule has 3 rings (SSSR count). The number of phenolic OH excluding ortho intramolecular Hbond substituents is 1. The average molecular weight is 216 g/mol. The molecule has 0 aliphatic carbocycles. The first-order chi connectivity index (χ1) is 7.74. The van der Waals surface area contributed by atoms with Gasteiger partial charge in [-0.2, -0.15) is 0 Å². The van der Waals surface area contributed by atoms with E-state index in [4.69, 9.17) is 0 Å². The fourth-order valence-electron chi connectivity index (χ4n) is 2.46. The third-order valence-electron chi connectivity index (χ3n) is 3.43. The van der Waals surface area contributed by atoms with Crippen molar-refractivity contribution in [2.75, 3.05) is 20.1 Å². The van der Waals surface area contributed by atoms with Gasteiger partial charge in [-0.05, 0) is 25.2 Å². The molecule has 0 bridgehead atoms. The lowest BCUT2D eigenvalue weighted by Crippen LogP contribution is -2.21. The lowest BCUT2D eigenvalue weighted by atomic mass is 10.2. The zero-order valence-corrected chi connectivity index (χ0v) is 9.48. The molecule has 2 heterocycles. The maximum absolute atomic E-state index is 9.55. The largest absolute Gasteiger partial charge is 0.508 e. The van der Waals surface area contributed by atoms with Gasteiger partial charge in [0, 0.05) is 43.2 Å². The van der Waals surface area contributed by atoms with Crippen molar-refractivity contribution in [1.82, 2.24) is 9.47 Å². The van der Waals surface area contributed by atoms with E-state index < -0.39 is 0 Å². The number of hydrogen-bond acceptors (Lipinski definition) is 2. The molecule has 1 N–H and O–H groups in total. The SMILES string of the molecule is CN1CCc2cc3ccc(O)cc3n2CC1. The van der Waals surface area contributed by atoms with E-state index in [9.17, 15) is 5.11 Å². The number of rotatable bonds is 0. The van der Waals surface area contributed by atoms with Gasteiger partial charge in [-0.3, -0.25) is 0 Å². The molecular formula is C13H16N2O. The maximum atomic E-state index is 9.55. The van der Waals surface area contributed by atoms with E-state index in [0.717, 1.165) is 31.6 Å². The number of nitrogens with zero attached hydrogens (tertiary/aromatic N) is 2. The molecule has 1 aromatic carbocycles. The van der Waals surface area contributed by atoms with Gasteiger partial charge in [0.1, 0.15) is 5.75 Å². The number of hydrogen-bond donors (Lipinski definition) is 1. The summed E-state index contributed by atoms with van der Waals surface area (Å²) in [6, 6.07) is 7.86. The minimum absolute atomic E-state index is 0.353. The summed E-state index contributed by atoms with van der Waals surface area (Å²) in [6.45, 7) is 3.20. The highest BCUT2D eigenvalue weighted by Crippen LogP contribution is 2.25. The molecule has 1 aromatic heterocycles. The highest BCUT2D eigenvalue weighted by Gasteiger charge is 2.14. The first-order valence-corrected chi connectivity index (χ1v) is 5.74. The molecule has 3 nitrogen and oxygen atoms in total. The summed E-state index contributed by atoms with van der Waals surface area (Å²) in [5, 5.41) is 10.8. The van der Waals surface area contributed by atoms with Gasteiger partial charge in [0.05, 0.1) is 5.52 Å². The van der Waals surface area contributed by atoms with Crippen molar-refractivity contribution in [3.63, 3.8) is 0 Å². The molecule has 2 aromatic rings. The topological polar surface area (TPSA) is 28.4 Å². The normalized spacial score (nSPS) is 17.3. The quantitative estimate of drug-likeness (QED) is 0.727. The van der Waals surface area contributed by atoms with Gasteiger partial charge in [0.15, 0.2) is 0 Å². The van der Waals surface area contributed by atoms with Crippen LogP contribution in [0.5, 0.6) is 5.75 Å². The summed E-state index contributed by atoms with van der Waals surface area (Å²) < 4.78 is 2.33. The van der Waals surface area contributed by atoms with Gasteiger partial charge in [-0.1, -0.05) is 0 Å². The first kappa shape index (κ1) is 9.73. The Morgan fingerprint density at radius 3 is 2.88 bits per heavy atom. The third kappa shape index (κ3) is 1.48. The lowest BCUT2D eigenvalue weighted by Gasteiger charge is -2.11. The molecule has 84 valence electrons. The molecule has 0 radical (unpaired) electrons. The van der Waals surface area contributed by atoms with Crippen LogP contribution in [-0.4, -0.2) is 34.7 Å². The zero-order valence-electron chi connectivity index (χ0n) is 9.48. The van der Waals surface area contributed by atoms with Crippen LogP contribution >= 0.6 is 0 Å². The maximum Gasteiger partial charge on any atom is 0.117 e. The van der Waals surface area contributed by atoms with Crippen LogP contribution in [0.1, 0.15) is 5.69 Å². The lowest BCUT2D eigenvalue weighted by molar-refractivity contribution is 0.343. The summed E-state index contributed by atoms with van der Waals surface area (Å²) in [7, 11) is 2.16. The van der Waals surface area contributed by atoms with E-state index in [-0.39, 0.29) is 0 Å². The van der Waals surface area contributed by atoms with Crippen LogP contribution in [0, 0.1) is 0 Å². The summed E-state index contributed by atoms with van der Waals surface area (Å²) in [6.07, 6.45) is 1.09. The number of aromatic nitrogens is 1. The monoisotopic (exact) mass is 216 g/mol. The summed E-state index contributed by atoms with van der Waals surface area (Å²) in [5.74, 6) is 0.353. The smallest absolute Gasteiger partial charge is 0.117 e. The second-order valence-electron chi connectivity index (χ2n) is 4.58. The predicted octanol–water partition coefficient (Wildman–Crippen LogP) is 1.83. The number of likely N-dealkylation sites (N-methyl/N-ethyl adjacent to an activating group) is 1. The minimum atomic E-state index is 0.353. The van der Waals surface area contributed by atoms with Crippen molar-refractivity contribution in [3.05, 3.63) is 30.0 Å². The summed E-state index contributed by atoms with van der Waals surface area (Å²) in [4.78, 5) is 2.35. The number of benzene rings is 1. The fraction of sp³-hybridized carbons (Fsp3) is 0.385. The van der Waals surface area contributed by atoms with Crippen LogP contribution < -0.4 is 0 Å². The second kappa shape index (κ2) is 3.52. The molecular weight excluding hydrogens is 200 g/mol. The average Bonchev–Trinajstić information content (AvgIpc) is 2.50. The molecule has 1 aliphatic rings. The standard InChI is InChI=1S/C13H16N2O/c1-14-5-4-11-8-10-2-3-12(16)9-13(10)15(11)7-6-14/h2-3,8-9,16H,4-7H2,1H3. The van der Waals surface area contributed by atoms with E-state index in [0.29, 0.717) is 5.75 Å². The Bertz CT molecular complexity index is 530. The van der Waals surface area contributed by atoms with Crippen molar-refractivity contribution in [2.24, 2.45) is 0 Å². The highest BCUT2D eigenvalue weighted by atomic mass is 16.3. The van der Waals surface area contributed by atoms with Crippen molar-refractivity contribution in [1.29, 1.82) is 0 Å². The molecule has 0 fully saturated rings. The molecule has 0 saturated heterocycles. The van der Waals surface area contributed by atoms with Crippen LogP contribution in [0.3, 0.4) is 0 Å². The van der Waals surface area contributed by atoms with Gasteiger partial charge in [0.25, 0.3) is 0 Å². The zero-order chi connectivity index (χ0) is 11.1. The van der Waals surface area contributed by atoms with Crippen LogP contribution in [0.25, 0.3) is 10.9 Å². The van der Waals surface area contributed by atoms with E-state index in [1.165, 1.54) is 11.1 Å². The van der Waals surface area contributed by atoms with Crippen molar-refractivity contribution >= 4 is 10.9 Å². The second-order valence-corrected chi connectivity index (χ2v) is 4.58. The summed E-state index contributed by atoms with van der Waals surface area (Å²) >= 11 is 0. The van der Waals surface area contributed by atoms with Crippen LogP contribution in [0.2, 0.25) is 0 Å². The number of aromatic hydroxyl groups is 1. The van der Waals surface area contributed by atoms with Crippen molar-refractivity contribution in [3.8, 4) is 5.75 Å². The van der Waals surface area contributed by atoms with E-state index >= 15 is 0 Å². The molecule has 1 aliphatic heterocycles. The molecule has 16 heavy (non-hydrogen) atoms. The van der Waals surface area contributed by atoms with Crippen molar-refractivity contribution < 1.29 is 5.11 Å². The Hall–Kier alpha value is -1.48. The molecule has 0 spiro atoms. The third-order valence-corrected chi connectivity index (χ3v) is 3.43. The predicted molar refractivity (Wildman–Crippen MR) is 64.8 cm³/mol. The molecule has 0 atom stereocenters. The molecule has 0 unspecified atom stereocenters.